The van der Waals surface area contributed by atoms with E-state index in [-0.39, 0.29) is 10.5 Å². The van der Waals surface area contributed by atoms with Gasteiger partial charge in [-0.3, -0.25) is 19.7 Å². The molecule has 2 aromatic carbocycles. The average molecular weight is 377 g/mol. The van der Waals surface area contributed by atoms with Crippen molar-refractivity contribution in [3.05, 3.63) is 70.8 Å². The fourth-order valence-electron chi connectivity index (χ4n) is 3.05. The minimum absolute atomic E-state index is 0.0962. The van der Waals surface area contributed by atoms with Gasteiger partial charge in [0.1, 0.15) is 0 Å². The summed E-state index contributed by atoms with van der Waals surface area (Å²) >= 11 is 0.739. The van der Waals surface area contributed by atoms with Crippen LogP contribution in [0.4, 0.5) is 10.5 Å². The second kappa shape index (κ2) is 6.77. The maximum atomic E-state index is 13.1. The Kier molecular flexibility index (Phi) is 4.29. The standard InChI is InChI=1S/C20H15N3O3S/c1-11-4-2-5-12(10-11)22-18(24)16(17-19(25)23-20(26)27-17)14-6-3-7-15-13(14)8-9-21-15/h2-10,21H,1H3,(H,22,24)(H,23,25,26). The van der Waals surface area contributed by atoms with Crippen molar-refractivity contribution < 1.29 is 14.4 Å². The number of fused-ring (bicyclic) bond motifs is 1. The molecule has 4 rings (SSSR count). The number of benzene rings is 2. The fraction of sp³-hybridized carbons (Fsp3) is 0.0500. The summed E-state index contributed by atoms with van der Waals surface area (Å²) in [4.78, 5) is 40.3. The van der Waals surface area contributed by atoms with Crippen molar-refractivity contribution in [1.82, 2.24) is 10.3 Å². The number of amides is 3. The fourth-order valence-corrected chi connectivity index (χ4v) is 3.82. The van der Waals surface area contributed by atoms with Crippen LogP contribution >= 0.6 is 11.8 Å². The quantitative estimate of drug-likeness (QED) is 0.605. The highest BCUT2D eigenvalue weighted by Crippen LogP contribution is 2.35. The molecule has 2 heterocycles. The zero-order valence-corrected chi connectivity index (χ0v) is 15.1. The lowest BCUT2D eigenvalue weighted by Gasteiger charge is -2.12. The second-order valence-corrected chi connectivity index (χ2v) is 7.10. The molecule has 134 valence electrons. The zero-order valence-electron chi connectivity index (χ0n) is 14.3. The number of nitrogens with one attached hydrogen (secondary N) is 3. The summed E-state index contributed by atoms with van der Waals surface area (Å²) in [6.07, 6.45) is 1.77. The lowest BCUT2D eigenvalue weighted by molar-refractivity contribution is -0.116. The highest BCUT2D eigenvalue weighted by molar-refractivity contribution is 8.18. The molecule has 1 aliphatic rings. The highest BCUT2D eigenvalue weighted by Gasteiger charge is 2.32. The van der Waals surface area contributed by atoms with Gasteiger partial charge in [-0.1, -0.05) is 24.3 Å². The molecule has 0 bridgehead atoms. The maximum Gasteiger partial charge on any atom is 0.290 e. The summed E-state index contributed by atoms with van der Waals surface area (Å²) in [5.74, 6) is -1.01. The Morgan fingerprint density at radius 1 is 1.07 bits per heavy atom. The van der Waals surface area contributed by atoms with Crippen LogP contribution in [0.1, 0.15) is 11.1 Å². The highest BCUT2D eigenvalue weighted by atomic mass is 32.2. The van der Waals surface area contributed by atoms with Gasteiger partial charge in [-0.2, -0.15) is 0 Å². The van der Waals surface area contributed by atoms with Crippen LogP contribution in [0.3, 0.4) is 0 Å². The van der Waals surface area contributed by atoms with E-state index in [1.807, 2.05) is 37.3 Å². The van der Waals surface area contributed by atoms with Crippen molar-refractivity contribution >= 4 is 51.0 Å². The summed E-state index contributed by atoms with van der Waals surface area (Å²) in [6.45, 7) is 1.93. The third-order valence-electron chi connectivity index (χ3n) is 4.21. The molecule has 7 heteroatoms. The van der Waals surface area contributed by atoms with Crippen molar-refractivity contribution in [2.24, 2.45) is 0 Å². The molecular weight excluding hydrogens is 362 g/mol. The van der Waals surface area contributed by atoms with Gasteiger partial charge in [0.25, 0.3) is 17.1 Å². The van der Waals surface area contributed by atoms with Gasteiger partial charge in [-0.25, -0.2) is 0 Å². The van der Waals surface area contributed by atoms with Crippen LogP contribution in [0.15, 0.2) is 59.6 Å². The summed E-state index contributed by atoms with van der Waals surface area (Å²) in [5, 5.41) is 5.37. The number of aromatic amines is 1. The molecule has 1 saturated heterocycles. The Balaban J connectivity index is 1.86. The zero-order chi connectivity index (χ0) is 19.0. The van der Waals surface area contributed by atoms with E-state index in [2.05, 4.69) is 15.6 Å². The number of aryl methyl sites for hydroxylation is 1. The number of hydrogen-bond acceptors (Lipinski definition) is 4. The Morgan fingerprint density at radius 2 is 1.89 bits per heavy atom. The number of carbonyl (C=O) groups is 3. The number of imide groups is 1. The monoisotopic (exact) mass is 377 g/mol. The van der Waals surface area contributed by atoms with Gasteiger partial charge in [0.15, 0.2) is 0 Å². The van der Waals surface area contributed by atoms with E-state index in [0.29, 0.717) is 11.3 Å². The first-order valence-electron chi connectivity index (χ1n) is 8.25. The molecule has 1 aliphatic heterocycles. The van der Waals surface area contributed by atoms with Crippen LogP contribution in [0.25, 0.3) is 16.5 Å². The predicted octanol–water partition coefficient (Wildman–Crippen LogP) is 3.81. The van der Waals surface area contributed by atoms with Gasteiger partial charge >= 0.3 is 0 Å². The number of thioether (sulfide) groups is 1. The smallest absolute Gasteiger partial charge is 0.290 e. The van der Waals surface area contributed by atoms with E-state index in [1.165, 1.54) is 0 Å². The summed E-state index contributed by atoms with van der Waals surface area (Å²) in [6, 6.07) is 14.7. The Labute approximate surface area is 159 Å². The van der Waals surface area contributed by atoms with Crippen molar-refractivity contribution in [1.29, 1.82) is 0 Å². The number of carbonyl (C=O) groups excluding carboxylic acids is 3. The topological polar surface area (TPSA) is 91.1 Å². The molecule has 0 unspecified atom stereocenters. The second-order valence-electron chi connectivity index (χ2n) is 6.12. The first-order valence-corrected chi connectivity index (χ1v) is 9.06. The van der Waals surface area contributed by atoms with Gasteiger partial charge in [-0.05, 0) is 54.1 Å². The minimum atomic E-state index is -0.563. The summed E-state index contributed by atoms with van der Waals surface area (Å²) in [7, 11) is 0. The minimum Gasteiger partial charge on any atom is -0.361 e. The van der Waals surface area contributed by atoms with Gasteiger partial charge < -0.3 is 10.3 Å². The van der Waals surface area contributed by atoms with Crippen molar-refractivity contribution in [2.45, 2.75) is 6.92 Å². The molecule has 3 aromatic rings. The molecule has 1 fully saturated rings. The van der Waals surface area contributed by atoms with Crippen molar-refractivity contribution in [3.63, 3.8) is 0 Å². The van der Waals surface area contributed by atoms with E-state index in [9.17, 15) is 14.4 Å². The molecule has 27 heavy (non-hydrogen) atoms. The average Bonchev–Trinajstić information content (AvgIpc) is 3.22. The van der Waals surface area contributed by atoms with E-state index in [1.54, 1.807) is 24.4 Å². The van der Waals surface area contributed by atoms with Crippen molar-refractivity contribution in [2.75, 3.05) is 5.32 Å². The van der Waals surface area contributed by atoms with Gasteiger partial charge in [0.2, 0.25) is 0 Å². The Bertz CT molecular complexity index is 1130. The SMILES string of the molecule is Cc1cccc(NC(=O)C(=C2SC(=O)NC2=O)c2cccc3[nH]ccc23)c1. The number of rotatable bonds is 3. The largest absolute Gasteiger partial charge is 0.361 e. The van der Waals surface area contributed by atoms with Crippen LogP contribution in [-0.4, -0.2) is 22.0 Å². The van der Waals surface area contributed by atoms with Crippen LogP contribution in [0, 0.1) is 6.92 Å². The molecule has 6 nitrogen and oxygen atoms in total. The van der Waals surface area contributed by atoms with Gasteiger partial charge in [-0.15, -0.1) is 0 Å². The Morgan fingerprint density at radius 3 is 2.63 bits per heavy atom. The third kappa shape index (κ3) is 3.24. The maximum absolute atomic E-state index is 13.1. The van der Waals surface area contributed by atoms with Crippen LogP contribution in [0.5, 0.6) is 0 Å². The first-order chi connectivity index (χ1) is 13.0. The molecule has 0 aliphatic carbocycles. The molecule has 3 N–H and O–H groups in total. The first kappa shape index (κ1) is 17.1. The molecule has 3 amide bonds. The van der Waals surface area contributed by atoms with Crippen LogP contribution < -0.4 is 10.6 Å². The third-order valence-corrected chi connectivity index (χ3v) is 5.09. The van der Waals surface area contributed by atoms with Crippen LogP contribution in [-0.2, 0) is 9.59 Å². The molecular formula is C20H15N3O3S. The van der Waals surface area contributed by atoms with Gasteiger partial charge in [0, 0.05) is 22.8 Å². The van der Waals surface area contributed by atoms with Crippen LogP contribution in [0.2, 0.25) is 0 Å². The number of hydrogen-bond donors (Lipinski definition) is 3. The molecule has 0 spiro atoms. The predicted molar refractivity (Wildman–Crippen MR) is 106 cm³/mol. The van der Waals surface area contributed by atoms with E-state index >= 15 is 0 Å². The van der Waals surface area contributed by atoms with E-state index in [4.69, 9.17) is 0 Å². The Hall–Kier alpha value is -3.32. The summed E-state index contributed by atoms with van der Waals surface area (Å²) < 4.78 is 0. The number of aromatic nitrogens is 1. The van der Waals surface area contributed by atoms with E-state index < -0.39 is 17.1 Å². The normalized spacial score (nSPS) is 15.7. The molecule has 1 aromatic heterocycles. The van der Waals surface area contributed by atoms with E-state index in [0.717, 1.165) is 28.2 Å². The lowest BCUT2D eigenvalue weighted by Crippen LogP contribution is -2.21. The molecule has 0 radical (unpaired) electrons. The molecule has 0 saturated carbocycles. The van der Waals surface area contributed by atoms with Crippen molar-refractivity contribution in [3.8, 4) is 0 Å². The number of anilines is 1. The molecule has 0 atom stereocenters. The lowest BCUT2D eigenvalue weighted by atomic mass is 10.00. The van der Waals surface area contributed by atoms with Gasteiger partial charge in [0.05, 0.1) is 10.5 Å². The number of H-pyrrole nitrogens is 1. The summed E-state index contributed by atoms with van der Waals surface area (Å²) in [5.41, 5.74) is 3.22.